The molecule has 5 heterocycles. The van der Waals surface area contributed by atoms with E-state index in [0.717, 1.165) is 23.7 Å². The molecule has 7 rings (SSSR count). The minimum Gasteiger partial charge on any atom is -0.422 e. The molecule has 0 saturated carbocycles. The van der Waals surface area contributed by atoms with Gasteiger partial charge in [-0.15, -0.1) is 0 Å². The Labute approximate surface area is 243 Å². The van der Waals surface area contributed by atoms with Gasteiger partial charge in [0, 0.05) is 36.1 Å². The van der Waals surface area contributed by atoms with Crippen molar-refractivity contribution in [2.24, 2.45) is 7.05 Å². The van der Waals surface area contributed by atoms with Gasteiger partial charge in [0.15, 0.2) is 17.3 Å². The van der Waals surface area contributed by atoms with Gasteiger partial charge in [-0.1, -0.05) is 30.3 Å². The summed E-state index contributed by atoms with van der Waals surface area (Å²) in [6.07, 6.45) is 2.00. The van der Waals surface area contributed by atoms with Crippen molar-refractivity contribution in [3.8, 4) is 22.6 Å². The number of aromatic nitrogens is 3. The van der Waals surface area contributed by atoms with Crippen LogP contribution in [-0.2, 0) is 21.4 Å². The summed E-state index contributed by atoms with van der Waals surface area (Å²) in [7, 11) is 1.71. The lowest BCUT2D eigenvalue weighted by Gasteiger charge is -2.49. The maximum Gasteiger partial charge on any atom is 0.336 e. The molecule has 12 nitrogen and oxygen atoms in total. The number of hydrogen-bond acceptors (Lipinski definition) is 10. The van der Waals surface area contributed by atoms with Crippen LogP contribution in [0.5, 0.6) is 11.5 Å². The van der Waals surface area contributed by atoms with E-state index in [9.17, 15) is 23.6 Å². The van der Waals surface area contributed by atoms with E-state index < -0.39 is 41.5 Å². The van der Waals surface area contributed by atoms with Crippen molar-refractivity contribution in [2.75, 3.05) is 28.2 Å². The molecule has 2 aromatic carbocycles. The fourth-order valence-electron chi connectivity index (χ4n) is 5.76. The highest BCUT2D eigenvalue weighted by Crippen LogP contribution is 2.49. The number of carbonyl (C=O) groups is 4. The van der Waals surface area contributed by atoms with Gasteiger partial charge in [-0.2, -0.15) is 0 Å². The molecule has 4 aromatic rings. The molecule has 1 fully saturated rings. The number of piperazine rings is 1. The topological polar surface area (TPSA) is 136 Å². The van der Waals surface area contributed by atoms with E-state index in [0.29, 0.717) is 11.3 Å². The van der Waals surface area contributed by atoms with E-state index in [1.165, 1.54) is 12.1 Å². The third-order valence-electron chi connectivity index (χ3n) is 7.85. The van der Waals surface area contributed by atoms with Crippen molar-refractivity contribution in [3.05, 3.63) is 78.1 Å². The Hall–Kier alpha value is -5.59. The lowest BCUT2D eigenvalue weighted by molar-refractivity contribution is -0.140. The summed E-state index contributed by atoms with van der Waals surface area (Å²) >= 11 is 0. The van der Waals surface area contributed by atoms with Crippen LogP contribution in [0.2, 0.25) is 0 Å². The van der Waals surface area contributed by atoms with Crippen LogP contribution in [0, 0.1) is 12.7 Å². The molecule has 0 spiro atoms. The van der Waals surface area contributed by atoms with Gasteiger partial charge in [0.2, 0.25) is 5.95 Å². The Bertz CT molecular complexity index is 1790. The van der Waals surface area contributed by atoms with Gasteiger partial charge in [0.05, 0.1) is 25.5 Å². The maximum absolute atomic E-state index is 13.4. The molecule has 2 unspecified atom stereocenters. The normalized spacial score (nSPS) is 18.5. The quantitative estimate of drug-likeness (QED) is 0.162. The number of esters is 2. The number of benzene rings is 2. The second-order valence-corrected chi connectivity index (χ2v) is 10.5. The van der Waals surface area contributed by atoms with Gasteiger partial charge >= 0.3 is 11.9 Å². The minimum absolute atomic E-state index is 0.0742. The largest absolute Gasteiger partial charge is 0.422 e. The van der Waals surface area contributed by atoms with E-state index in [1.807, 2.05) is 43.3 Å². The summed E-state index contributed by atoms with van der Waals surface area (Å²) in [6, 6.07) is 12.1. The number of nitrogens with one attached hydrogen (secondary N) is 1. The number of rotatable bonds is 5. The summed E-state index contributed by atoms with van der Waals surface area (Å²) in [5.41, 5.74) is 2.90. The van der Waals surface area contributed by atoms with Crippen molar-refractivity contribution >= 4 is 41.0 Å². The van der Waals surface area contributed by atoms with Gasteiger partial charge in [-0.05, 0) is 18.6 Å². The molecule has 1 saturated heterocycles. The zero-order valence-electron chi connectivity index (χ0n) is 22.9. The molecule has 1 N–H and O–H groups in total. The molecule has 3 aliphatic rings. The average molecular weight is 583 g/mol. The summed E-state index contributed by atoms with van der Waals surface area (Å²) < 4.78 is 26.3. The van der Waals surface area contributed by atoms with Gasteiger partial charge in [-0.3, -0.25) is 9.59 Å². The molecule has 0 radical (unpaired) electrons. The Morgan fingerprint density at radius 2 is 1.56 bits per heavy atom. The summed E-state index contributed by atoms with van der Waals surface area (Å²) in [5.74, 6) is -3.28. The Balaban J connectivity index is 1.18. The highest BCUT2D eigenvalue weighted by Gasteiger charge is 2.51. The van der Waals surface area contributed by atoms with E-state index >= 15 is 0 Å². The van der Waals surface area contributed by atoms with Gasteiger partial charge in [-0.25, -0.2) is 23.9 Å². The number of ether oxygens (including phenoxy) is 2. The Morgan fingerprint density at radius 3 is 2.16 bits per heavy atom. The number of amides is 1. The smallest absolute Gasteiger partial charge is 0.336 e. The Kier molecular flexibility index (Phi) is 5.97. The monoisotopic (exact) mass is 582 g/mol. The average Bonchev–Trinajstić information content (AvgIpc) is 3.30. The maximum atomic E-state index is 13.4. The van der Waals surface area contributed by atoms with Crippen LogP contribution in [0.15, 0.2) is 60.9 Å². The molecule has 1 amide bonds. The fourth-order valence-corrected chi connectivity index (χ4v) is 5.76. The van der Waals surface area contributed by atoms with E-state index in [1.54, 1.807) is 21.4 Å². The number of nitrogens with zero attached hydrogens (tertiary/aromatic N) is 5. The third-order valence-corrected chi connectivity index (χ3v) is 7.85. The Morgan fingerprint density at radius 1 is 0.953 bits per heavy atom. The number of hydrogen-bond donors (Lipinski definition) is 1. The fraction of sp³-hybridized carbons (Fsp3) is 0.200. The molecule has 216 valence electrons. The van der Waals surface area contributed by atoms with Crippen molar-refractivity contribution < 1.29 is 33.0 Å². The van der Waals surface area contributed by atoms with Crippen molar-refractivity contribution in [1.29, 1.82) is 0 Å². The van der Waals surface area contributed by atoms with Gasteiger partial charge in [0.25, 0.3) is 11.7 Å². The summed E-state index contributed by atoms with van der Waals surface area (Å²) in [5, 5.41) is 2.57. The molecule has 2 atom stereocenters. The van der Waals surface area contributed by atoms with Crippen LogP contribution in [0.4, 0.5) is 21.7 Å². The number of aryl methyl sites for hydroxylation is 1. The van der Waals surface area contributed by atoms with Crippen LogP contribution in [0.3, 0.4) is 0 Å². The number of halogens is 1. The predicted octanol–water partition coefficient (Wildman–Crippen LogP) is 2.65. The first kappa shape index (κ1) is 26.3. The second kappa shape index (κ2) is 9.76. The SMILES string of the molecule is Cc1cc(-c2ccccc2)c(C(=O)C(=O)Nc2cc3c4c(c2)OC(=O)C2CN(c5ncc(F)cn5)CC(C(=O)O3)N42)n1C. The van der Waals surface area contributed by atoms with Crippen molar-refractivity contribution in [2.45, 2.75) is 19.0 Å². The zero-order valence-corrected chi connectivity index (χ0v) is 22.9. The van der Waals surface area contributed by atoms with Crippen LogP contribution < -0.4 is 24.6 Å². The minimum atomic E-state index is -0.918. The highest BCUT2D eigenvalue weighted by molar-refractivity contribution is 6.47. The molecular weight excluding hydrogens is 559 g/mol. The van der Waals surface area contributed by atoms with Crippen LogP contribution >= 0.6 is 0 Å². The van der Waals surface area contributed by atoms with Gasteiger partial charge < -0.3 is 29.2 Å². The zero-order chi connectivity index (χ0) is 30.0. The van der Waals surface area contributed by atoms with Crippen LogP contribution in [0.25, 0.3) is 11.1 Å². The first-order chi connectivity index (χ1) is 20.7. The predicted molar refractivity (Wildman–Crippen MR) is 151 cm³/mol. The number of ketones is 1. The first-order valence-corrected chi connectivity index (χ1v) is 13.4. The first-order valence-electron chi connectivity index (χ1n) is 13.4. The summed E-state index contributed by atoms with van der Waals surface area (Å²) in [6.45, 7) is 2.00. The summed E-state index contributed by atoms with van der Waals surface area (Å²) in [4.78, 5) is 64.2. The van der Waals surface area contributed by atoms with Crippen LogP contribution in [0.1, 0.15) is 16.2 Å². The van der Waals surface area contributed by atoms with Crippen LogP contribution in [-0.4, -0.2) is 63.3 Å². The standard InChI is InChI=1S/C30H23FN6O6/c1-15-8-19(16-6-4-3-5-7-16)24(35(15)2)26(38)27(39)34-18-9-22-25-23(10-18)43-29(41)21-14-36(30-32-11-17(31)12-33-30)13-20(37(21)25)28(40)42-22/h3-12,20-21H,13-14H2,1-2H3,(H,34,39). The third kappa shape index (κ3) is 4.28. The molecular formula is C30H23FN6O6. The van der Waals surface area contributed by atoms with Gasteiger partial charge in [0.1, 0.15) is 23.5 Å². The van der Waals surface area contributed by atoms with Crippen molar-refractivity contribution in [1.82, 2.24) is 14.5 Å². The van der Waals surface area contributed by atoms with E-state index in [2.05, 4.69) is 15.3 Å². The second-order valence-electron chi connectivity index (χ2n) is 10.5. The lowest BCUT2D eigenvalue weighted by Crippen LogP contribution is -2.68. The number of anilines is 3. The molecule has 13 heteroatoms. The van der Waals surface area contributed by atoms with E-state index in [4.69, 9.17) is 9.47 Å². The highest BCUT2D eigenvalue weighted by atomic mass is 19.1. The van der Waals surface area contributed by atoms with Crippen molar-refractivity contribution in [3.63, 3.8) is 0 Å². The van der Waals surface area contributed by atoms with E-state index in [-0.39, 0.29) is 41.9 Å². The molecule has 43 heavy (non-hydrogen) atoms. The lowest BCUT2D eigenvalue weighted by atomic mass is 9.99. The molecule has 0 bridgehead atoms. The molecule has 0 aliphatic carbocycles. The molecule has 3 aliphatic heterocycles. The number of Topliss-reactive ketones (excluding diaryl/α,β-unsaturated/α-hetero) is 1. The number of carbonyl (C=O) groups excluding carboxylic acids is 4. The molecule has 2 aromatic heterocycles.